The molecule has 0 spiro atoms. The third-order valence-corrected chi connectivity index (χ3v) is 3.26. The number of hydrogen-bond donors (Lipinski definition) is 0. The van der Waals surface area contributed by atoms with Crippen molar-refractivity contribution in [2.45, 2.75) is 32.7 Å². The Morgan fingerprint density at radius 3 is 2.65 bits per heavy atom. The highest BCUT2D eigenvalue weighted by Gasteiger charge is 2.20. The van der Waals surface area contributed by atoms with Gasteiger partial charge in [0.05, 0.1) is 12.2 Å². The second-order valence-corrected chi connectivity index (χ2v) is 4.45. The molecule has 2 rings (SSSR count). The Bertz CT molecular complexity index is 386. The zero-order chi connectivity index (χ0) is 12.3. The molecule has 1 aromatic rings. The number of rotatable bonds is 3. The zero-order valence-corrected chi connectivity index (χ0v) is 10.5. The molecule has 1 saturated heterocycles. The summed E-state index contributed by atoms with van der Waals surface area (Å²) in [5, 5.41) is 0. The SMILES string of the molecule is CCOC(=O)c1ccc(N2CCC[C@@H]2C)cc1. The number of carbonyl (C=O) groups is 1. The Hall–Kier alpha value is -1.51. The molecule has 0 amide bonds. The second-order valence-electron chi connectivity index (χ2n) is 4.45. The lowest BCUT2D eigenvalue weighted by Crippen LogP contribution is -2.26. The van der Waals surface area contributed by atoms with Crippen LogP contribution < -0.4 is 4.90 Å². The van der Waals surface area contributed by atoms with Crippen LogP contribution in [0.2, 0.25) is 0 Å². The van der Waals surface area contributed by atoms with Crippen molar-refractivity contribution in [2.24, 2.45) is 0 Å². The van der Waals surface area contributed by atoms with Crippen LogP contribution in [0, 0.1) is 0 Å². The van der Waals surface area contributed by atoms with E-state index in [1.54, 1.807) is 0 Å². The first-order chi connectivity index (χ1) is 8.22. The van der Waals surface area contributed by atoms with Crippen LogP contribution >= 0.6 is 0 Å². The van der Waals surface area contributed by atoms with E-state index in [1.165, 1.54) is 18.5 Å². The van der Waals surface area contributed by atoms with Crippen LogP contribution in [0.25, 0.3) is 0 Å². The maximum absolute atomic E-state index is 11.5. The Morgan fingerprint density at radius 1 is 1.41 bits per heavy atom. The molecule has 0 unspecified atom stereocenters. The monoisotopic (exact) mass is 233 g/mol. The largest absolute Gasteiger partial charge is 0.462 e. The van der Waals surface area contributed by atoms with Crippen molar-refractivity contribution >= 4 is 11.7 Å². The van der Waals surface area contributed by atoms with Gasteiger partial charge in [-0.25, -0.2) is 4.79 Å². The van der Waals surface area contributed by atoms with Crippen LogP contribution in [0.1, 0.15) is 37.0 Å². The molecule has 1 fully saturated rings. The summed E-state index contributed by atoms with van der Waals surface area (Å²) in [5.41, 5.74) is 1.82. The molecule has 3 nitrogen and oxygen atoms in total. The van der Waals surface area contributed by atoms with Crippen molar-refractivity contribution < 1.29 is 9.53 Å². The first kappa shape index (κ1) is 12.0. The highest BCUT2D eigenvalue weighted by atomic mass is 16.5. The van der Waals surface area contributed by atoms with Gasteiger partial charge in [-0.2, -0.15) is 0 Å². The molecule has 0 saturated carbocycles. The maximum Gasteiger partial charge on any atom is 0.338 e. The van der Waals surface area contributed by atoms with Crippen LogP contribution in [0.15, 0.2) is 24.3 Å². The average molecular weight is 233 g/mol. The van der Waals surface area contributed by atoms with Crippen molar-refractivity contribution in [1.29, 1.82) is 0 Å². The van der Waals surface area contributed by atoms with Gasteiger partial charge in [0.2, 0.25) is 0 Å². The lowest BCUT2D eigenvalue weighted by Gasteiger charge is -2.23. The predicted octanol–water partition coefficient (Wildman–Crippen LogP) is 2.85. The molecule has 0 radical (unpaired) electrons. The van der Waals surface area contributed by atoms with Gasteiger partial charge in [-0.3, -0.25) is 0 Å². The second kappa shape index (κ2) is 5.21. The van der Waals surface area contributed by atoms with Crippen molar-refractivity contribution in [3.63, 3.8) is 0 Å². The maximum atomic E-state index is 11.5. The summed E-state index contributed by atoms with van der Waals surface area (Å²) in [7, 11) is 0. The van der Waals surface area contributed by atoms with Crippen molar-refractivity contribution in [3.05, 3.63) is 29.8 Å². The molecule has 17 heavy (non-hydrogen) atoms. The molecule has 0 aromatic heterocycles. The van der Waals surface area contributed by atoms with E-state index in [2.05, 4.69) is 11.8 Å². The van der Waals surface area contributed by atoms with Crippen LogP contribution in [0.4, 0.5) is 5.69 Å². The topological polar surface area (TPSA) is 29.5 Å². The Kier molecular flexibility index (Phi) is 3.67. The van der Waals surface area contributed by atoms with Gasteiger partial charge >= 0.3 is 5.97 Å². The van der Waals surface area contributed by atoms with E-state index in [1.807, 2.05) is 31.2 Å². The minimum atomic E-state index is -0.242. The van der Waals surface area contributed by atoms with Gasteiger partial charge in [-0.1, -0.05) is 0 Å². The highest BCUT2D eigenvalue weighted by Crippen LogP contribution is 2.25. The molecule has 1 aliphatic rings. The number of anilines is 1. The number of esters is 1. The van der Waals surface area contributed by atoms with Gasteiger partial charge in [0.25, 0.3) is 0 Å². The van der Waals surface area contributed by atoms with Crippen LogP contribution in [-0.2, 0) is 4.74 Å². The molecule has 0 bridgehead atoms. The van der Waals surface area contributed by atoms with Gasteiger partial charge < -0.3 is 9.64 Å². The molecule has 3 heteroatoms. The Morgan fingerprint density at radius 2 is 2.12 bits per heavy atom. The first-order valence-electron chi connectivity index (χ1n) is 6.26. The number of benzene rings is 1. The Labute approximate surface area is 102 Å². The van der Waals surface area contributed by atoms with Gasteiger partial charge in [-0.15, -0.1) is 0 Å². The smallest absolute Gasteiger partial charge is 0.338 e. The van der Waals surface area contributed by atoms with Crippen molar-refractivity contribution in [1.82, 2.24) is 0 Å². The molecule has 1 aromatic carbocycles. The molecular formula is C14H19NO2. The lowest BCUT2D eigenvalue weighted by molar-refractivity contribution is 0.0526. The van der Waals surface area contributed by atoms with E-state index < -0.39 is 0 Å². The summed E-state index contributed by atoms with van der Waals surface area (Å²) < 4.78 is 4.96. The number of carbonyl (C=O) groups excluding carboxylic acids is 1. The summed E-state index contributed by atoms with van der Waals surface area (Å²) in [6.07, 6.45) is 2.50. The summed E-state index contributed by atoms with van der Waals surface area (Å²) in [6, 6.07) is 8.31. The molecule has 1 atom stereocenters. The van der Waals surface area contributed by atoms with E-state index in [4.69, 9.17) is 4.74 Å². The first-order valence-corrected chi connectivity index (χ1v) is 6.26. The fourth-order valence-corrected chi connectivity index (χ4v) is 2.32. The normalized spacial score (nSPS) is 19.4. The summed E-state index contributed by atoms with van der Waals surface area (Å²) in [4.78, 5) is 13.9. The van der Waals surface area contributed by atoms with Crippen molar-refractivity contribution in [2.75, 3.05) is 18.1 Å². The van der Waals surface area contributed by atoms with Gasteiger partial charge in [-0.05, 0) is 51.0 Å². The molecular weight excluding hydrogens is 214 g/mol. The number of hydrogen-bond acceptors (Lipinski definition) is 3. The Balaban J connectivity index is 2.10. The van der Waals surface area contributed by atoms with Crippen molar-refractivity contribution in [3.8, 4) is 0 Å². The standard InChI is InChI=1S/C14H19NO2/c1-3-17-14(16)12-6-8-13(9-7-12)15-10-4-5-11(15)2/h6-9,11H,3-5,10H2,1-2H3/t11-/m0/s1. The molecule has 0 aliphatic carbocycles. The third-order valence-electron chi connectivity index (χ3n) is 3.26. The fourth-order valence-electron chi connectivity index (χ4n) is 2.32. The van der Waals surface area contributed by atoms with E-state index >= 15 is 0 Å². The van der Waals surface area contributed by atoms with Crippen LogP contribution in [0.3, 0.4) is 0 Å². The summed E-state index contributed by atoms with van der Waals surface area (Å²) in [5.74, 6) is -0.242. The van der Waals surface area contributed by atoms with Crippen LogP contribution in [0.5, 0.6) is 0 Å². The minimum absolute atomic E-state index is 0.242. The predicted molar refractivity (Wildman–Crippen MR) is 68.4 cm³/mol. The molecule has 92 valence electrons. The molecule has 0 N–H and O–H groups in total. The van der Waals surface area contributed by atoms with Gasteiger partial charge in [0, 0.05) is 18.3 Å². The molecule has 1 aliphatic heterocycles. The van der Waals surface area contributed by atoms with E-state index in [-0.39, 0.29) is 5.97 Å². The van der Waals surface area contributed by atoms with Gasteiger partial charge in [0.1, 0.15) is 0 Å². The highest BCUT2D eigenvalue weighted by molar-refractivity contribution is 5.89. The van der Waals surface area contributed by atoms with Crippen LogP contribution in [-0.4, -0.2) is 25.2 Å². The molecule has 1 heterocycles. The number of ether oxygens (including phenoxy) is 1. The van der Waals surface area contributed by atoms with E-state index in [0.717, 1.165) is 6.54 Å². The zero-order valence-electron chi connectivity index (χ0n) is 10.5. The quantitative estimate of drug-likeness (QED) is 0.752. The summed E-state index contributed by atoms with van der Waals surface area (Å²) >= 11 is 0. The van der Waals surface area contributed by atoms with E-state index in [0.29, 0.717) is 18.2 Å². The fraction of sp³-hybridized carbons (Fsp3) is 0.500. The van der Waals surface area contributed by atoms with Gasteiger partial charge in [0.15, 0.2) is 0 Å². The minimum Gasteiger partial charge on any atom is -0.462 e. The number of nitrogens with zero attached hydrogens (tertiary/aromatic N) is 1. The average Bonchev–Trinajstić information content (AvgIpc) is 2.76. The third kappa shape index (κ3) is 2.60. The van der Waals surface area contributed by atoms with E-state index in [9.17, 15) is 4.79 Å². The summed E-state index contributed by atoms with van der Waals surface area (Å²) in [6.45, 7) is 5.59. The lowest BCUT2D eigenvalue weighted by atomic mass is 10.2.